The minimum atomic E-state index is -3.78. The lowest BCUT2D eigenvalue weighted by Gasteiger charge is -2.26. The maximum absolute atomic E-state index is 12.9. The van der Waals surface area contributed by atoms with Gasteiger partial charge in [-0.05, 0) is 49.2 Å². The summed E-state index contributed by atoms with van der Waals surface area (Å²) in [5, 5.41) is 2.76. The van der Waals surface area contributed by atoms with Gasteiger partial charge in [-0.2, -0.15) is 4.31 Å². The molecule has 0 aromatic heterocycles. The molecule has 0 bridgehead atoms. The average Bonchev–Trinajstić information content (AvgIpc) is 2.71. The summed E-state index contributed by atoms with van der Waals surface area (Å²) in [6, 6.07) is 9.99. The van der Waals surface area contributed by atoms with Crippen molar-refractivity contribution in [2.24, 2.45) is 0 Å². The van der Waals surface area contributed by atoms with Crippen molar-refractivity contribution in [3.05, 3.63) is 52.5 Å². The fourth-order valence-corrected chi connectivity index (χ4v) is 4.83. The molecule has 0 radical (unpaired) electrons. The number of nitrogens with zero attached hydrogens (tertiary/aromatic N) is 1. The summed E-state index contributed by atoms with van der Waals surface area (Å²) in [5.74, 6) is 0.231. The van der Waals surface area contributed by atoms with E-state index in [1.54, 1.807) is 12.1 Å². The highest BCUT2D eigenvalue weighted by atomic mass is 35.5. The van der Waals surface area contributed by atoms with Crippen molar-refractivity contribution in [2.75, 3.05) is 38.2 Å². The van der Waals surface area contributed by atoms with Crippen LogP contribution in [0.1, 0.15) is 11.1 Å². The first-order valence-electron chi connectivity index (χ1n) is 9.15. The Labute approximate surface area is 175 Å². The molecule has 1 aliphatic rings. The number of aryl methyl sites for hydroxylation is 1. The van der Waals surface area contributed by atoms with Gasteiger partial charge in [-0.15, -0.1) is 0 Å². The third-order valence-corrected chi connectivity index (χ3v) is 7.10. The number of carbonyl (C=O) groups is 1. The third kappa shape index (κ3) is 5.08. The molecule has 1 fully saturated rings. The van der Waals surface area contributed by atoms with Gasteiger partial charge in [0.15, 0.2) is 6.61 Å². The van der Waals surface area contributed by atoms with Crippen LogP contribution in [0.4, 0.5) is 5.69 Å². The molecule has 7 nitrogen and oxygen atoms in total. The number of benzene rings is 2. The summed E-state index contributed by atoms with van der Waals surface area (Å²) in [4.78, 5) is 12.2. The van der Waals surface area contributed by atoms with Gasteiger partial charge in [-0.25, -0.2) is 8.42 Å². The Bertz CT molecular complexity index is 1000. The Hall–Kier alpha value is -2.13. The van der Waals surface area contributed by atoms with E-state index in [9.17, 15) is 13.2 Å². The maximum atomic E-state index is 12.9. The Morgan fingerprint density at radius 2 is 1.93 bits per heavy atom. The number of anilines is 1. The molecular weight excluding hydrogens is 416 g/mol. The number of ether oxygens (including phenoxy) is 2. The van der Waals surface area contributed by atoms with Crippen molar-refractivity contribution in [2.45, 2.75) is 18.7 Å². The first-order valence-corrected chi connectivity index (χ1v) is 11.0. The second-order valence-electron chi connectivity index (χ2n) is 6.70. The number of carbonyl (C=O) groups excluding carboxylic acids is 1. The van der Waals surface area contributed by atoms with E-state index in [1.165, 1.54) is 16.4 Å². The van der Waals surface area contributed by atoms with E-state index in [4.69, 9.17) is 21.1 Å². The van der Waals surface area contributed by atoms with Gasteiger partial charge in [0.25, 0.3) is 5.91 Å². The zero-order chi connectivity index (χ0) is 21.0. The zero-order valence-corrected chi connectivity index (χ0v) is 17.8. The van der Waals surface area contributed by atoms with E-state index in [0.29, 0.717) is 24.7 Å². The molecule has 0 unspecified atom stereocenters. The van der Waals surface area contributed by atoms with Crippen LogP contribution in [0.15, 0.2) is 41.3 Å². The number of amides is 1. The quantitative estimate of drug-likeness (QED) is 0.749. The van der Waals surface area contributed by atoms with Crippen molar-refractivity contribution in [3.63, 3.8) is 0 Å². The average molecular weight is 439 g/mol. The number of hydrogen-bond acceptors (Lipinski definition) is 5. The minimum absolute atomic E-state index is 0.0469. The van der Waals surface area contributed by atoms with Crippen molar-refractivity contribution in [3.8, 4) is 5.75 Å². The van der Waals surface area contributed by atoms with E-state index < -0.39 is 15.9 Å². The number of morpholine rings is 1. The van der Waals surface area contributed by atoms with E-state index >= 15 is 0 Å². The SMILES string of the molecule is Cc1cccc(OCC(=O)Nc2ccc(Cl)c(S(=O)(=O)N3CCOCC3)c2)c1C. The number of rotatable bonds is 6. The molecule has 0 spiro atoms. The lowest BCUT2D eigenvalue weighted by atomic mass is 10.1. The van der Waals surface area contributed by atoms with Gasteiger partial charge in [0.2, 0.25) is 10.0 Å². The van der Waals surface area contributed by atoms with Gasteiger partial charge in [0.1, 0.15) is 10.6 Å². The summed E-state index contributed by atoms with van der Waals surface area (Å²) in [5.41, 5.74) is 2.36. The molecule has 1 N–H and O–H groups in total. The Morgan fingerprint density at radius 3 is 2.66 bits per heavy atom. The molecule has 1 heterocycles. The number of sulfonamides is 1. The number of halogens is 1. The molecule has 0 saturated carbocycles. The van der Waals surface area contributed by atoms with Crippen LogP contribution in [0.3, 0.4) is 0 Å². The molecule has 3 rings (SSSR count). The van der Waals surface area contributed by atoms with Crippen molar-refractivity contribution >= 4 is 33.2 Å². The molecule has 1 saturated heterocycles. The molecule has 0 atom stereocenters. The summed E-state index contributed by atoms with van der Waals surface area (Å²) in [7, 11) is -3.78. The second kappa shape index (κ2) is 9.13. The first-order chi connectivity index (χ1) is 13.8. The predicted molar refractivity (Wildman–Crippen MR) is 111 cm³/mol. The highest BCUT2D eigenvalue weighted by Crippen LogP contribution is 2.28. The van der Waals surface area contributed by atoms with Crippen molar-refractivity contribution < 1.29 is 22.7 Å². The van der Waals surface area contributed by atoms with Gasteiger partial charge < -0.3 is 14.8 Å². The fraction of sp³-hybridized carbons (Fsp3) is 0.350. The van der Waals surface area contributed by atoms with Crippen LogP contribution >= 0.6 is 11.6 Å². The minimum Gasteiger partial charge on any atom is -0.483 e. The van der Waals surface area contributed by atoms with Crippen LogP contribution in [-0.2, 0) is 19.6 Å². The van der Waals surface area contributed by atoms with Crippen molar-refractivity contribution in [1.29, 1.82) is 0 Å². The zero-order valence-electron chi connectivity index (χ0n) is 16.3. The molecule has 29 heavy (non-hydrogen) atoms. The molecule has 2 aromatic rings. The first kappa shape index (κ1) is 21.6. The van der Waals surface area contributed by atoms with Gasteiger partial charge in [-0.1, -0.05) is 23.7 Å². The molecular formula is C20H23ClN2O5S. The summed E-state index contributed by atoms with van der Waals surface area (Å²) in [6.07, 6.45) is 0. The van der Waals surface area contributed by atoms with Crippen molar-refractivity contribution in [1.82, 2.24) is 4.31 Å². The molecule has 2 aromatic carbocycles. The number of hydrogen-bond donors (Lipinski definition) is 1. The monoisotopic (exact) mass is 438 g/mol. The van der Waals surface area contributed by atoms with E-state index in [2.05, 4.69) is 5.32 Å². The van der Waals surface area contributed by atoms with Gasteiger partial charge in [0, 0.05) is 18.8 Å². The Kier molecular flexibility index (Phi) is 6.79. The van der Waals surface area contributed by atoms with Gasteiger partial charge in [-0.3, -0.25) is 4.79 Å². The molecule has 0 aliphatic carbocycles. The smallest absolute Gasteiger partial charge is 0.262 e. The van der Waals surface area contributed by atoms with Crippen LogP contribution in [-0.4, -0.2) is 51.5 Å². The largest absolute Gasteiger partial charge is 0.483 e. The van der Waals surface area contributed by atoms with Crippen LogP contribution in [0.5, 0.6) is 5.75 Å². The highest BCUT2D eigenvalue weighted by molar-refractivity contribution is 7.89. The standard InChI is InChI=1S/C20H23ClN2O5S/c1-14-4-3-5-18(15(14)2)28-13-20(24)22-16-6-7-17(21)19(12-16)29(25,26)23-8-10-27-11-9-23/h3-7,12H,8-11,13H2,1-2H3,(H,22,24). The molecule has 1 amide bonds. The summed E-state index contributed by atoms with van der Waals surface area (Å²) in [6.45, 7) is 4.89. The summed E-state index contributed by atoms with van der Waals surface area (Å²) >= 11 is 6.14. The Balaban J connectivity index is 1.70. The normalized spacial score (nSPS) is 15.1. The topological polar surface area (TPSA) is 84.9 Å². The van der Waals surface area contributed by atoms with E-state index in [0.717, 1.165) is 11.1 Å². The van der Waals surface area contributed by atoms with Crippen LogP contribution in [0, 0.1) is 13.8 Å². The molecule has 1 aliphatic heterocycles. The second-order valence-corrected chi connectivity index (χ2v) is 9.01. The molecule has 9 heteroatoms. The number of nitrogens with one attached hydrogen (secondary N) is 1. The lowest BCUT2D eigenvalue weighted by molar-refractivity contribution is -0.118. The Morgan fingerprint density at radius 1 is 1.21 bits per heavy atom. The summed E-state index contributed by atoms with van der Waals surface area (Å²) < 4.78 is 37.9. The van der Waals surface area contributed by atoms with E-state index in [1.807, 2.05) is 26.0 Å². The van der Waals surface area contributed by atoms with E-state index in [-0.39, 0.29) is 29.6 Å². The van der Waals surface area contributed by atoms with Crippen LogP contribution in [0.25, 0.3) is 0 Å². The lowest BCUT2D eigenvalue weighted by Crippen LogP contribution is -2.40. The third-order valence-electron chi connectivity index (χ3n) is 4.72. The van der Waals surface area contributed by atoms with Crippen LogP contribution < -0.4 is 10.1 Å². The highest BCUT2D eigenvalue weighted by Gasteiger charge is 2.28. The van der Waals surface area contributed by atoms with Gasteiger partial charge in [0.05, 0.1) is 18.2 Å². The fourth-order valence-electron chi connectivity index (χ4n) is 2.93. The van der Waals surface area contributed by atoms with Crippen LogP contribution in [0.2, 0.25) is 5.02 Å². The maximum Gasteiger partial charge on any atom is 0.262 e. The molecule has 156 valence electrons. The van der Waals surface area contributed by atoms with Gasteiger partial charge >= 0.3 is 0 Å². The predicted octanol–water partition coefficient (Wildman–Crippen LogP) is 3.00.